The van der Waals surface area contributed by atoms with Gasteiger partial charge in [-0.05, 0) is 6.42 Å². The molecule has 0 saturated carbocycles. The van der Waals surface area contributed by atoms with Gasteiger partial charge in [0.2, 0.25) is 0 Å². The first-order valence-corrected chi connectivity index (χ1v) is 7.36. The Labute approximate surface area is 153 Å². The maximum Gasteiger partial charge on any atom is 0.330 e. The fraction of sp³-hybridized carbons (Fsp3) is 0.412. The van der Waals surface area contributed by atoms with Gasteiger partial charge in [-0.3, -0.25) is 4.79 Å². The van der Waals surface area contributed by atoms with Gasteiger partial charge in [-0.25, -0.2) is 14.4 Å². The number of hydrogen-bond donors (Lipinski definition) is 3. The lowest BCUT2D eigenvalue weighted by molar-refractivity contribution is -0.139. The number of aliphatic carboxylic acids is 2. The lowest BCUT2D eigenvalue weighted by atomic mass is 10.4. The maximum atomic E-state index is 10.3. The van der Waals surface area contributed by atoms with Crippen LogP contribution in [0.5, 0.6) is 0 Å². The molecule has 0 amide bonds. The summed E-state index contributed by atoms with van der Waals surface area (Å²) in [5.74, 6) is -2.65. The number of esters is 2. The third kappa shape index (κ3) is 58.3. The zero-order valence-electron chi connectivity index (χ0n) is 15.2. The van der Waals surface area contributed by atoms with Gasteiger partial charge in [-0.2, -0.15) is 0 Å². The summed E-state index contributed by atoms with van der Waals surface area (Å²) in [6.45, 7) is 12.9. The Balaban J connectivity index is -0.000000130. The van der Waals surface area contributed by atoms with E-state index in [4.69, 9.17) is 20.1 Å². The number of rotatable bonds is 8. The van der Waals surface area contributed by atoms with E-state index < -0.39 is 17.9 Å². The van der Waals surface area contributed by atoms with Gasteiger partial charge in [0.15, 0.2) is 0 Å². The predicted octanol–water partition coefficient (Wildman–Crippen LogP) is 1.57. The predicted molar refractivity (Wildman–Crippen MR) is 95.4 cm³/mol. The molecule has 9 heteroatoms. The van der Waals surface area contributed by atoms with Crippen LogP contribution in [0.4, 0.5) is 0 Å². The second-order valence-electron chi connectivity index (χ2n) is 3.88. The van der Waals surface area contributed by atoms with Gasteiger partial charge in [-0.1, -0.05) is 33.1 Å². The minimum absolute atomic E-state index is 0.0465. The number of carboxylic acids is 2. The van der Waals surface area contributed by atoms with Crippen LogP contribution in [0.3, 0.4) is 0 Å². The number of carbonyl (C=O) groups is 4. The van der Waals surface area contributed by atoms with Gasteiger partial charge in [0, 0.05) is 25.2 Å². The second-order valence-corrected chi connectivity index (χ2v) is 3.88. The topological polar surface area (TPSA) is 147 Å². The van der Waals surface area contributed by atoms with Crippen LogP contribution in [0, 0.1) is 0 Å². The minimum atomic E-state index is -0.981. The Hall–Kier alpha value is -2.94. The van der Waals surface area contributed by atoms with E-state index in [0.717, 1.165) is 31.9 Å². The zero-order valence-corrected chi connectivity index (χ0v) is 15.2. The highest BCUT2D eigenvalue weighted by molar-refractivity contribution is 5.81. The molecule has 0 spiro atoms. The van der Waals surface area contributed by atoms with Crippen LogP contribution >= 0.6 is 0 Å². The fourth-order valence-electron chi connectivity index (χ4n) is 0.581. The summed E-state index contributed by atoms with van der Waals surface area (Å²) in [6, 6.07) is 0. The highest BCUT2D eigenvalue weighted by Crippen LogP contribution is 1.88. The standard InChI is InChI=1S/C7H12O2.C5H8O3.C3H4O2.C2H4O2/c1-3-5-6-9-7(8)4-2;1-2-5(7)8-4-3-6;1-2-3(4)5;1-2(3)4/h4H,2-3,5-6H2,1H3;2,6H,1,3-4H2;2H,1H2,(H,4,5);1H3,(H,3,4). The third-order valence-electron chi connectivity index (χ3n) is 1.59. The lowest BCUT2D eigenvalue weighted by Gasteiger charge is -1.97. The van der Waals surface area contributed by atoms with E-state index in [1.54, 1.807) is 0 Å². The van der Waals surface area contributed by atoms with Gasteiger partial charge in [-0.15, -0.1) is 0 Å². The van der Waals surface area contributed by atoms with Crippen LogP contribution in [0.25, 0.3) is 0 Å². The number of unbranched alkanes of at least 4 members (excludes halogenated alkanes) is 1. The molecule has 0 bridgehead atoms. The van der Waals surface area contributed by atoms with Gasteiger partial charge in [0.25, 0.3) is 5.97 Å². The number of ether oxygens (including phenoxy) is 2. The molecule has 0 fully saturated rings. The number of aliphatic hydroxyl groups excluding tert-OH is 1. The lowest BCUT2D eigenvalue weighted by Crippen LogP contribution is -2.04. The Morgan fingerprint density at radius 3 is 1.46 bits per heavy atom. The van der Waals surface area contributed by atoms with Gasteiger partial charge in [0.05, 0.1) is 13.2 Å². The van der Waals surface area contributed by atoms with E-state index in [0.29, 0.717) is 6.61 Å². The molecule has 0 aromatic rings. The summed E-state index contributed by atoms with van der Waals surface area (Å²) in [5, 5.41) is 23.1. The van der Waals surface area contributed by atoms with Crippen molar-refractivity contribution in [2.45, 2.75) is 26.7 Å². The average molecular weight is 376 g/mol. The minimum Gasteiger partial charge on any atom is -0.481 e. The first-order valence-electron chi connectivity index (χ1n) is 7.36. The van der Waals surface area contributed by atoms with Crippen molar-refractivity contribution in [1.29, 1.82) is 0 Å². The maximum absolute atomic E-state index is 10.3. The number of hydrogen-bond acceptors (Lipinski definition) is 7. The van der Waals surface area contributed by atoms with Crippen LogP contribution in [0.1, 0.15) is 26.7 Å². The summed E-state index contributed by atoms with van der Waals surface area (Å²) < 4.78 is 9.01. The average Bonchev–Trinajstić information content (AvgIpc) is 2.60. The molecule has 0 aliphatic carbocycles. The van der Waals surface area contributed by atoms with E-state index in [-0.39, 0.29) is 19.2 Å². The highest BCUT2D eigenvalue weighted by atomic mass is 16.5. The summed E-state index contributed by atoms with van der Waals surface area (Å²) in [5.41, 5.74) is 0. The smallest absolute Gasteiger partial charge is 0.330 e. The Morgan fingerprint density at radius 2 is 1.23 bits per heavy atom. The molecule has 0 unspecified atom stereocenters. The first-order chi connectivity index (χ1) is 12.1. The zero-order chi connectivity index (χ0) is 21.4. The summed E-state index contributed by atoms with van der Waals surface area (Å²) in [4.78, 5) is 38.7. The first kappa shape index (κ1) is 30.9. The van der Waals surface area contributed by atoms with Crippen molar-refractivity contribution in [3.63, 3.8) is 0 Å². The molecule has 0 radical (unpaired) electrons. The normalized spacial score (nSPS) is 7.65. The van der Waals surface area contributed by atoms with Crippen molar-refractivity contribution in [1.82, 2.24) is 0 Å². The van der Waals surface area contributed by atoms with Crippen LogP contribution < -0.4 is 0 Å². The molecule has 0 aliphatic rings. The molecule has 0 aromatic carbocycles. The second kappa shape index (κ2) is 26.9. The SMILES string of the molecule is C=CC(=O)O.C=CC(=O)OCCCC.C=CC(=O)OCCO.CC(=O)O. The monoisotopic (exact) mass is 376 g/mol. The molecule has 26 heavy (non-hydrogen) atoms. The van der Waals surface area contributed by atoms with Crippen LogP contribution in [0.2, 0.25) is 0 Å². The largest absolute Gasteiger partial charge is 0.481 e. The van der Waals surface area contributed by atoms with Crippen molar-refractivity contribution in [3.05, 3.63) is 38.0 Å². The number of aliphatic hydroxyl groups is 1. The molecule has 9 nitrogen and oxygen atoms in total. The number of carbonyl (C=O) groups excluding carboxylic acids is 2. The summed E-state index contributed by atoms with van der Waals surface area (Å²) in [7, 11) is 0. The summed E-state index contributed by atoms with van der Waals surface area (Å²) in [6.07, 6.45) is 5.04. The van der Waals surface area contributed by atoms with E-state index in [1.165, 1.54) is 6.08 Å². The third-order valence-corrected chi connectivity index (χ3v) is 1.59. The van der Waals surface area contributed by atoms with Crippen LogP contribution in [-0.4, -0.2) is 59.0 Å². The van der Waals surface area contributed by atoms with E-state index >= 15 is 0 Å². The Kier molecular flexibility index (Phi) is 32.0. The van der Waals surface area contributed by atoms with E-state index in [9.17, 15) is 14.4 Å². The van der Waals surface area contributed by atoms with Crippen LogP contribution in [-0.2, 0) is 28.7 Å². The molecular weight excluding hydrogens is 348 g/mol. The quantitative estimate of drug-likeness (QED) is 0.326. The van der Waals surface area contributed by atoms with E-state index in [1.807, 2.05) is 6.92 Å². The summed E-state index contributed by atoms with van der Waals surface area (Å²) >= 11 is 0. The van der Waals surface area contributed by atoms with Gasteiger partial charge < -0.3 is 24.8 Å². The molecule has 0 saturated heterocycles. The Bertz CT molecular complexity index is 424. The molecular formula is C17H28O9. The Morgan fingerprint density at radius 1 is 0.885 bits per heavy atom. The fourth-order valence-corrected chi connectivity index (χ4v) is 0.581. The molecule has 0 heterocycles. The van der Waals surface area contributed by atoms with Gasteiger partial charge in [0.1, 0.15) is 6.61 Å². The molecule has 3 N–H and O–H groups in total. The molecule has 0 aromatic heterocycles. The number of carboxylic acid groups (broad SMARTS) is 2. The van der Waals surface area contributed by atoms with Crippen molar-refractivity contribution in [2.24, 2.45) is 0 Å². The molecule has 150 valence electrons. The van der Waals surface area contributed by atoms with Crippen LogP contribution in [0.15, 0.2) is 38.0 Å². The van der Waals surface area contributed by atoms with Crippen molar-refractivity contribution in [3.8, 4) is 0 Å². The van der Waals surface area contributed by atoms with Gasteiger partial charge >= 0.3 is 17.9 Å². The van der Waals surface area contributed by atoms with E-state index in [2.05, 4.69) is 29.2 Å². The molecule has 0 atom stereocenters. The highest BCUT2D eigenvalue weighted by Gasteiger charge is 1.91. The van der Waals surface area contributed by atoms with Crippen molar-refractivity contribution < 1.29 is 44.0 Å². The van der Waals surface area contributed by atoms with Crippen molar-refractivity contribution in [2.75, 3.05) is 19.8 Å². The molecule has 0 rings (SSSR count). The molecule has 0 aliphatic heterocycles. The van der Waals surface area contributed by atoms with Crippen molar-refractivity contribution >= 4 is 23.9 Å².